The first kappa shape index (κ1) is 22.3. The maximum absolute atomic E-state index is 12.6. The summed E-state index contributed by atoms with van der Waals surface area (Å²) in [4.78, 5) is 0.236. The Morgan fingerprint density at radius 1 is 1.07 bits per heavy atom. The lowest BCUT2D eigenvalue weighted by atomic mass is 10.1. The SMILES string of the molecule is CCC[C@@H](C=C[C@@H](O)COCc1ccccc1)NS(=O)(=O)c1ccc(C)cc1. The smallest absolute Gasteiger partial charge is 0.241 e. The van der Waals surface area contributed by atoms with Crippen molar-refractivity contribution in [1.82, 2.24) is 4.72 Å². The van der Waals surface area contributed by atoms with Gasteiger partial charge in [-0.05, 0) is 31.0 Å². The van der Waals surface area contributed by atoms with E-state index >= 15 is 0 Å². The number of ether oxygens (including phenoxy) is 1. The zero-order valence-electron chi connectivity index (χ0n) is 16.4. The van der Waals surface area contributed by atoms with Crippen molar-refractivity contribution in [3.63, 3.8) is 0 Å². The van der Waals surface area contributed by atoms with Crippen LogP contribution in [0.5, 0.6) is 0 Å². The molecule has 0 aromatic heterocycles. The van der Waals surface area contributed by atoms with E-state index in [9.17, 15) is 13.5 Å². The van der Waals surface area contributed by atoms with Crippen LogP contribution in [0, 0.1) is 6.92 Å². The second kappa shape index (κ2) is 11.1. The highest BCUT2D eigenvalue weighted by atomic mass is 32.2. The zero-order chi connectivity index (χ0) is 20.4. The molecule has 0 aliphatic heterocycles. The highest BCUT2D eigenvalue weighted by molar-refractivity contribution is 7.89. The number of hydrogen-bond donors (Lipinski definition) is 2. The van der Waals surface area contributed by atoms with Gasteiger partial charge in [-0.3, -0.25) is 0 Å². The van der Waals surface area contributed by atoms with Crippen LogP contribution in [-0.2, 0) is 21.4 Å². The monoisotopic (exact) mass is 403 g/mol. The number of aryl methyl sites for hydroxylation is 1. The first-order valence-corrected chi connectivity index (χ1v) is 11.0. The summed E-state index contributed by atoms with van der Waals surface area (Å²) in [5.74, 6) is 0. The van der Waals surface area contributed by atoms with Gasteiger partial charge in [0.2, 0.25) is 10.0 Å². The van der Waals surface area contributed by atoms with Crippen LogP contribution < -0.4 is 4.72 Å². The third-order valence-corrected chi connectivity index (χ3v) is 5.71. The molecule has 0 unspecified atom stereocenters. The van der Waals surface area contributed by atoms with Gasteiger partial charge in [0.05, 0.1) is 24.2 Å². The van der Waals surface area contributed by atoms with Gasteiger partial charge < -0.3 is 9.84 Å². The fraction of sp³-hybridized carbons (Fsp3) is 0.364. The molecule has 0 aliphatic carbocycles. The van der Waals surface area contributed by atoms with Crippen LogP contribution in [0.15, 0.2) is 71.6 Å². The van der Waals surface area contributed by atoms with Gasteiger partial charge in [0.25, 0.3) is 0 Å². The van der Waals surface area contributed by atoms with E-state index in [1.807, 2.05) is 44.2 Å². The average molecular weight is 404 g/mol. The number of sulfonamides is 1. The van der Waals surface area contributed by atoms with E-state index in [-0.39, 0.29) is 17.5 Å². The van der Waals surface area contributed by atoms with Crippen molar-refractivity contribution in [2.45, 2.75) is 50.3 Å². The number of aliphatic hydroxyl groups excluding tert-OH is 1. The molecule has 152 valence electrons. The molecule has 2 atom stereocenters. The fourth-order valence-corrected chi connectivity index (χ4v) is 3.91. The maximum Gasteiger partial charge on any atom is 0.241 e. The Labute approximate surface area is 168 Å². The Hall–Kier alpha value is -1.99. The number of benzene rings is 2. The number of rotatable bonds is 11. The second-order valence-corrected chi connectivity index (χ2v) is 8.50. The van der Waals surface area contributed by atoms with E-state index in [1.165, 1.54) is 0 Å². The summed E-state index contributed by atoms with van der Waals surface area (Å²) in [6, 6.07) is 16.1. The van der Waals surface area contributed by atoms with Crippen LogP contribution in [0.4, 0.5) is 0 Å². The molecule has 2 aromatic carbocycles. The predicted octanol–water partition coefficient (Wildman–Crippen LogP) is 3.58. The van der Waals surface area contributed by atoms with Crippen LogP contribution in [0.2, 0.25) is 0 Å². The van der Waals surface area contributed by atoms with Gasteiger partial charge in [0.1, 0.15) is 0 Å². The quantitative estimate of drug-likeness (QED) is 0.563. The Balaban J connectivity index is 1.90. The highest BCUT2D eigenvalue weighted by Crippen LogP contribution is 2.12. The molecule has 0 bridgehead atoms. The van der Waals surface area contributed by atoms with Crippen molar-refractivity contribution >= 4 is 10.0 Å². The van der Waals surface area contributed by atoms with Crippen LogP contribution in [0.1, 0.15) is 30.9 Å². The predicted molar refractivity (Wildman–Crippen MR) is 111 cm³/mol. The van der Waals surface area contributed by atoms with Crippen LogP contribution in [0.25, 0.3) is 0 Å². The molecular formula is C22H29NO4S. The van der Waals surface area contributed by atoms with Gasteiger partial charge in [0.15, 0.2) is 0 Å². The zero-order valence-corrected chi connectivity index (χ0v) is 17.2. The number of nitrogens with one attached hydrogen (secondary N) is 1. The first-order valence-electron chi connectivity index (χ1n) is 9.48. The van der Waals surface area contributed by atoms with Crippen molar-refractivity contribution in [3.05, 3.63) is 77.9 Å². The van der Waals surface area contributed by atoms with Gasteiger partial charge in [-0.25, -0.2) is 13.1 Å². The fourth-order valence-electron chi connectivity index (χ4n) is 2.68. The third-order valence-electron chi connectivity index (χ3n) is 4.20. The molecule has 6 heteroatoms. The second-order valence-electron chi connectivity index (χ2n) is 6.78. The maximum atomic E-state index is 12.6. The molecule has 0 saturated heterocycles. The molecule has 0 radical (unpaired) electrons. The highest BCUT2D eigenvalue weighted by Gasteiger charge is 2.18. The molecule has 0 spiro atoms. The summed E-state index contributed by atoms with van der Waals surface area (Å²) in [6.45, 7) is 4.47. The molecule has 0 saturated carbocycles. The Kier molecular flexibility index (Phi) is 8.86. The van der Waals surface area contributed by atoms with E-state index in [4.69, 9.17) is 4.74 Å². The lowest BCUT2D eigenvalue weighted by molar-refractivity contribution is 0.0502. The standard InChI is InChI=1S/C22H29NO4S/c1-3-7-20(23-28(25,26)22-14-10-18(2)11-15-22)12-13-21(24)17-27-16-19-8-5-4-6-9-19/h4-6,8-15,20-21,23-24H,3,7,16-17H2,1-2H3/t20-,21+/m0/s1. The third kappa shape index (κ3) is 7.56. The Morgan fingerprint density at radius 2 is 1.75 bits per heavy atom. The largest absolute Gasteiger partial charge is 0.387 e. The molecular weight excluding hydrogens is 374 g/mol. The minimum Gasteiger partial charge on any atom is -0.387 e. The minimum absolute atomic E-state index is 0.148. The van der Waals surface area contributed by atoms with Gasteiger partial charge in [-0.15, -0.1) is 0 Å². The van der Waals surface area contributed by atoms with Gasteiger partial charge in [-0.1, -0.05) is 73.5 Å². The van der Waals surface area contributed by atoms with Crippen molar-refractivity contribution in [1.29, 1.82) is 0 Å². The normalized spacial score (nSPS) is 14.2. The van der Waals surface area contributed by atoms with E-state index < -0.39 is 16.1 Å². The molecule has 2 aromatic rings. The van der Waals surface area contributed by atoms with Crippen molar-refractivity contribution in [3.8, 4) is 0 Å². The molecule has 0 amide bonds. The van der Waals surface area contributed by atoms with Gasteiger partial charge >= 0.3 is 0 Å². The molecule has 0 aliphatic rings. The summed E-state index contributed by atoms with van der Waals surface area (Å²) in [5.41, 5.74) is 2.04. The molecule has 0 fully saturated rings. The van der Waals surface area contributed by atoms with Crippen molar-refractivity contribution in [2.75, 3.05) is 6.61 Å². The lowest BCUT2D eigenvalue weighted by Gasteiger charge is -2.16. The minimum atomic E-state index is -3.61. The van der Waals surface area contributed by atoms with E-state index in [1.54, 1.807) is 36.4 Å². The first-order chi connectivity index (χ1) is 13.4. The molecule has 5 nitrogen and oxygen atoms in total. The van der Waals surface area contributed by atoms with Crippen LogP contribution in [-0.4, -0.2) is 32.3 Å². The topological polar surface area (TPSA) is 75.6 Å². The Bertz CT molecular complexity index is 833. The van der Waals surface area contributed by atoms with Crippen molar-refractivity contribution < 1.29 is 18.3 Å². The van der Waals surface area contributed by atoms with E-state index in [0.717, 1.165) is 17.5 Å². The summed E-state index contributed by atoms with van der Waals surface area (Å²) in [5, 5.41) is 10.1. The van der Waals surface area contributed by atoms with E-state index in [2.05, 4.69) is 4.72 Å². The summed E-state index contributed by atoms with van der Waals surface area (Å²) >= 11 is 0. The molecule has 2 rings (SSSR count). The molecule has 0 heterocycles. The average Bonchev–Trinajstić information content (AvgIpc) is 2.67. The summed E-state index contributed by atoms with van der Waals surface area (Å²) in [7, 11) is -3.61. The molecule has 2 N–H and O–H groups in total. The van der Waals surface area contributed by atoms with Crippen LogP contribution >= 0.6 is 0 Å². The molecule has 28 heavy (non-hydrogen) atoms. The lowest BCUT2D eigenvalue weighted by Crippen LogP contribution is -2.33. The van der Waals surface area contributed by atoms with Gasteiger partial charge in [-0.2, -0.15) is 0 Å². The van der Waals surface area contributed by atoms with Crippen molar-refractivity contribution in [2.24, 2.45) is 0 Å². The summed E-state index contributed by atoms with van der Waals surface area (Å²) in [6.07, 6.45) is 3.94. The number of hydrogen-bond acceptors (Lipinski definition) is 4. The van der Waals surface area contributed by atoms with Gasteiger partial charge in [0, 0.05) is 6.04 Å². The van der Waals surface area contributed by atoms with Crippen LogP contribution in [0.3, 0.4) is 0 Å². The number of aliphatic hydroxyl groups is 1. The Morgan fingerprint density at radius 3 is 2.39 bits per heavy atom. The van der Waals surface area contributed by atoms with E-state index in [0.29, 0.717) is 13.0 Å². The summed E-state index contributed by atoms with van der Waals surface area (Å²) < 4.78 is 33.4.